The highest BCUT2D eigenvalue weighted by atomic mass is 32.2. The number of rotatable bonds is 9. The van der Waals surface area contributed by atoms with Gasteiger partial charge in [-0.3, -0.25) is 9.59 Å². The molecule has 0 aliphatic carbocycles. The lowest BCUT2D eigenvalue weighted by atomic mass is 9.85. The van der Waals surface area contributed by atoms with E-state index in [9.17, 15) is 9.59 Å². The van der Waals surface area contributed by atoms with Crippen molar-refractivity contribution in [3.8, 4) is 11.4 Å². The molecule has 0 bridgehead atoms. The van der Waals surface area contributed by atoms with E-state index in [1.54, 1.807) is 11.8 Å². The number of aromatic nitrogens is 2. The second-order valence-corrected chi connectivity index (χ2v) is 8.89. The number of nitrogens with zero attached hydrogens (tertiary/aromatic N) is 2. The molecular formula is C24H26N4O3S. The fraction of sp³-hybridized carbons (Fsp3) is 0.333. The van der Waals surface area contributed by atoms with Crippen LogP contribution in [0.2, 0.25) is 0 Å². The summed E-state index contributed by atoms with van der Waals surface area (Å²) in [6, 6.07) is 17.9. The smallest absolute Gasteiger partial charge is 0.246 e. The highest BCUT2D eigenvalue weighted by Gasteiger charge is 2.37. The Labute approximate surface area is 191 Å². The van der Waals surface area contributed by atoms with Crippen LogP contribution in [0, 0.1) is 0 Å². The summed E-state index contributed by atoms with van der Waals surface area (Å²) in [5.74, 6) is 0.790. The first kappa shape index (κ1) is 22.1. The van der Waals surface area contributed by atoms with Crippen LogP contribution in [-0.2, 0) is 22.6 Å². The number of hydrogen-bond donors (Lipinski definition) is 2. The van der Waals surface area contributed by atoms with E-state index < -0.39 is 0 Å². The molecule has 8 heteroatoms. The maximum Gasteiger partial charge on any atom is 0.246 e. The second kappa shape index (κ2) is 9.99. The van der Waals surface area contributed by atoms with Gasteiger partial charge in [0.25, 0.3) is 0 Å². The topological polar surface area (TPSA) is 97.1 Å². The predicted octanol–water partition coefficient (Wildman–Crippen LogP) is 3.75. The normalized spacial score (nSPS) is 17.8. The molecule has 7 nitrogen and oxygen atoms in total. The van der Waals surface area contributed by atoms with Crippen LogP contribution in [0.3, 0.4) is 0 Å². The van der Waals surface area contributed by atoms with Crippen molar-refractivity contribution in [1.82, 2.24) is 20.8 Å². The van der Waals surface area contributed by atoms with Gasteiger partial charge >= 0.3 is 0 Å². The Morgan fingerprint density at radius 3 is 2.66 bits per heavy atom. The molecular weight excluding hydrogens is 424 g/mol. The molecule has 0 radical (unpaired) electrons. The molecule has 2 heterocycles. The van der Waals surface area contributed by atoms with E-state index >= 15 is 0 Å². The van der Waals surface area contributed by atoms with Gasteiger partial charge in [-0.1, -0.05) is 47.6 Å². The lowest BCUT2D eigenvalue weighted by Crippen LogP contribution is -2.44. The quantitative estimate of drug-likeness (QED) is 0.482. The zero-order valence-corrected chi connectivity index (χ0v) is 18.8. The highest BCUT2D eigenvalue weighted by molar-refractivity contribution is 7.98. The standard InChI is InChI=1S/C24H26N4O3S/c1-32-19-9-7-17(8-10-19)15-24(14-12-21(30)27-24)13-11-20(29)25-16-22-26-23(28-31-22)18-5-3-2-4-6-18/h2-10H,11-16H2,1H3,(H,25,29)(H,27,30). The maximum absolute atomic E-state index is 12.5. The number of carbonyl (C=O) groups is 2. The zero-order chi connectivity index (χ0) is 22.4. The molecule has 1 aliphatic heterocycles. The third-order valence-corrected chi connectivity index (χ3v) is 6.45. The van der Waals surface area contributed by atoms with Crippen molar-refractivity contribution in [2.24, 2.45) is 0 Å². The van der Waals surface area contributed by atoms with Crippen molar-refractivity contribution >= 4 is 23.6 Å². The Bertz CT molecular complexity index is 1070. The van der Waals surface area contributed by atoms with Gasteiger partial charge < -0.3 is 15.2 Å². The summed E-state index contributed by atoms with van der Waals surface area (Å²) in [4.78, 5) is 30.0. The molecule has 3 aromatic rings. The van der Waals surface area contributed by atoms with E-state index in [-0.39, 0.29) is 23.9 Å². The van der Waals surface area contributed by atoms with Crippen molar-refractivity contribution in [3.05, 3.63) is 66.1 Å². The summed E-state index contributed by atoms with van der Waals surface area (Å²) < 4.78 is 5.24. The van der Waals surface area contributed by atoms with E-state index in [1.165, 1.54) is 4.90 Å². The minimum Gasteiger partial charge on any atom is -0.350 e. The van der Waals surface area contributed by atoms with Crippen LogP contribution >= 0.6 is 11.8 Å². The van der Waals surface area contributed by atoms with Crippen LogP contribution in [0.5, 0.6) is 0 Å². The van der Waals surface area contributed by atoms with Gasteiger partial charge in [0.05, 0.1) is 6.54 Å². The second-order valence-electron chi connectivity index (χ2n) is 8.01. The molecule has 2 amide bonds. The molecule has 166 valence electrons. The fourth-order valence-corrected chi connectivity index (χ4v) is 4.37. The minimum absolute atomic E-state index is 0.0467. The Hall–Kier alpha value is -3.13. The largest absolute Gasteiger partial charge is 0.350 e. The fourth-order valence-electron chi connectivity index (χ4n) is 3.96. The van der Waals surface area contributed by atoms with Gasteiger partial charge in [-0.25, -0.2) is 0 Å². The van der Waals surface area contributed by atoms with Crippen molar-refractivity contribution in [1.29, 1.82) is 0 Å². The number of carbonyl (C=O) groups excluding carboxylic acids is 2. The predicted molar refractivity (Wildman–Crippen MR) is 123 cm³/mol. The highest BCUT2D eigenvalue weighted by Crippen LogP contribution is 2.30. The third kappa shape index (κ3) is 5.56. The molecule has 1 atom stereocenters. The average Bonchev–Trinajstić information content (AvgIpc) is 3.44. The molecule has 1 aromatic heterocycles. The Kier molecular flexibility index (Phi) is 6.90. The van der Waals surface area contributed by atoms with Crippen molar-refractivity contribution in [3.63, 3.8) is 0 Å². The molecule has 1 fully saturated rings. The summed E-state index contributed by atoms with van der Waals surface area (Å²) in [7, 11) is 0. The summed E-state index contributed by atoms with van der Waals surface area (Å²) in [6.45, 7) is 0.175. The van der Waals surface area contributed by atoms with Gasteiger partial charge in [-0.2, -0.15) is 4.98 Å². The van der Waals surface area contributed by atoms with Crippen LogP contribution in [0.4, 0.5) is 0 Å². The molecule has 4 rings (SSSR count). The number of benzene rings is 2. The first-order valence-corrected chi connectivity index (χ1v) is 11.9. The number of thioether (sulfide) groups is 1. The third-order valence-electron chi connectivity index (χ3n) is 5.70. The van der Waals surface area contributed by atoms with Crippen LogP contribution < -0.4 is 10.6 Å². The summed E-state index contributed by atoms with van der Waals surface area (Å²) >= 11 is 1.70. The zero-order valence-electron chi connectivity index (χ0n) is 18.0. The average molecular weight is 451 g/mol. The van der Waals surface area contributed by atoms with Crippen molar-refractivity contribution < 1.29 is 14.1 Å². The van der Waals surface area contributed by atoms with E-state index in [4.69, 9.17) is 4.52 Å². The molecule has 1 saturated heterocycles. The Balaban J connectivity index is 1.31. The first-order valence-electron chi connectivity index (χ1n) is 10.6. The van der Waals surface area contributed by atoms with E-state index in [0.717, 1.165) is 17.5 Å². The van der Waals surface area contributed by atoms with Crippen LogP contribution in [0.1, 0.15) is 37.1 Å². The summed E-state index contributed by atoms with van der Waals surface area (Å²) in [5.41, 5.74) is 1.63. The van der Waals surface area contributed by atoms with Gasteiger partial charge in [0, 0.05) is 28.8 Å². The van der Waals surface area contributed by atoms with E-state index in [0.29, 0.717) is 37.4 Å². The maximum atomic E-state index is 12.5. The molecule has 0 spiro atoms. The summed E-state index contributed by atoms with van der Waals surface area (Å²) in [5, 5.41) is 9.94. The monoisotopic (exact) mass is 450 g/mol. The van der Waals surface area contributed by atoms with Gasteiger partial charge in [-0.15, -0.1) is 11.8 Å². The van der Waals surface area contributed by atoms with Gasteiger partial charge in [-0.05, 0) is 43.2 Å². The molecule has 1 aliphatic rings. The lowest BCUT2D eigenvalue weighted by molar-refractivity contribution is -0.123. The summed E-state index contributed by atoms with van der Waals surface area (Å²) in [6.07, 6.45) is 4.87. The van der Waals surface area contributed by atoms with E-state index in [1.807, 2.05) is 36.6 Å². The molecule has 2 N–H and O–H groups in total. The number of nitrogens with one attached hydrogen (secondary N) is 2. The number of amides is 2. The van der Waals surface area contributed by atoms with Gasteiger partial charge in [0.2, 0.25) is 23.5 Å². The number of hydrogen-bond acceptors (Lipinski definition) is 6. The van der Waals surface area contributed by atoms with Crippen molar-refractivity contribution in [2.45, 2.75) is 49.1 Å². The van der Waals surface area contributed by atoms with Gasteiger partial charge in [0.15, 0.2) is 0 Å². The molecule has 0 saturated carbocycles. The molecule has 32 heavy (non-hydrogen) atoms. The molecule has 1 unspecified atom stereocenters. The van der Waals surface area contributed by atoms with Crippen LogP contribution in [-0.4, -0.2) is 33.7 Å². The van der Waals surface area contributed by atoms with E-state index in [2.05, 4.69) is 45.0 Å². The molecule has 2 aromatic carbocycles. The first-order chi connectivity index (χ1) is 15.5. The lowest BCUT2D eigenvalue weighted by Gasteiger charge is -2.29. The van der Waals surface area contributed by atoms with Crippen LogP contribution in [0.15, 0.2) is 64.0 Å². The SMILES string of the molecule is CSc1ccc(CC2(CCC(=O)NCc3nc(-c4ccccc4)no3)CCC(=O)N2)cc1. The Morgan fingerprint density at radius 2 is 1.97 bits per heavy atom. The Morgan fingerprint density at radius 1 is 1.19 bits per heavy atom. The van der Waals surface area contributed by atoms with Crippen molar-refractivity contribution in [2.75, 3.05) is 6.26 Å². The van der Waals surface area contributed by atoms with Crippen LogP contribution in [0.25, 0.3) is 11.4 Å². The van der Waals surface area contributed by atoms with Gasteiger partial charge in [0.1, 0.15) is 0 Å². The minimum atomic E-state index is -0.389.